The first-order valence-corrected chi connectivity index (χ1v) is 11.2. The van der Waals surface area contributed by atoms with E-state index < -0.39 is 0 Å². The maximum Gasteiger partial charge on any atom is 0.255 e. The maximum atomic E-state index is 12.7. The molecule has 158 valence electrons. The van der Waals surface area contributed by atoms with Gasteiger partial charge in [-0.15, -0.1) is 0 Å². The summed E-state index contributed by atoms with van der Waals surface area (Å²) in [6.07, 6.45) is 5.09. The van der Waals surface area contributed by atoms with Crippen molar-refractivity contribution in [1.29, 1.82) is 0 Å². The Labute approximate surface area is 178 Å². The van der Waals surface area contributed by atoms with E-state index in [0.29, 0.717) is 11.0 Å². The fourth-order valence-electron chi connectivity index (χ4n) is 4.68. The molecule has 0 radical (unpaired) electrons. The predicted octanol–water partition coefficient (Wildman–Crippen LogP) is 4.23. The summed E-state index contributed by atoms with van der Waals surface area (Å²) in [6.45, 7) is 7.37. The lowest BCUT2D eigenvalue weighted by Crippen LogP contribution is -2.29. The normalized spacial score (nSPS) is 23.2. The summed E-state index contributed by atoms with van der Waals surface area (Å²) in [4.78, 5) is 15.2. The molecule has 5 rings (SSSR count). The largest absolute Gasteiger partial charge is 0.493 e. The van der Waals surface area contributed by atoms with Crippen molar-refractivity contribution >= 4 is 17.3 Å². The minimum atomic E-state index is -0.0863. The zero-order valence-electron chi connectivity index (χ0n) is 17.7. The van der Waals surface area contributed by atoms with Gasteiger partial charge in [0, 0.05) is 42.0 Å². The molecule has 2 heterocycles. The third-order valence-electron chi connectivity index (χ3n) is 6.89. The van der Waals surface area contributed by atoms with E-state index >= 15 is 0 Å². The van der Waals surface area contributed by atoms with Gasteiger partial charge in [-0.1, -0.05) is 0 Å². The van der Waals surface area contributed by atoms with E-state index in [1.807, 2.05) is 30.3 Å². The van der Waals surface area contributed by atoms with E-state index in [4.69, 9.17) is 4.74 Å². The Morgan fingerprint density at radius 3 is 2.73 bits per heavy atom. The van der Waals surface area contributed by atoms with Crippen LogP contribution in [0.4, 0.5) is 11.4 Å². The van der Waals surface area contributed by atoms with Crippen LogP contribution in [0.5, 0.6) is 5.75 Å². The standard InChI is InChI=1S/C25H31N3O2/c1-18-14-21(28-13-11-25(17-28)10-12-26-16-25)6-9-23(18)27-24(29)20-4-7-22(8-5-20)30-15-19-2-3-19/h4-9,14,19,26H,2-3,10-13,15-17H2,1H3,(H,27,29). The average molecular weight is 406 g/mol. The number of benzene rings is 2. The lowest BCUT2D eigenvalue weighted by atomic mass is 9.86. The lowest BCUT2D eigenvalue weighted by Gasteiger charge is -2.24. The van der Waals surface area contributed by atoms with Crippen LogP contribution >= 0.6 is 0 Å². The first-order chi connectivity index (χ1) is 14.6. The zero-order valence-corrected chi connectivity index (χ0v) is 17.7. The van der Waals surface area contributed by atoms with Gasteiger partial charge in [0.2, 0.25) is 0 Å². The summed E-state index contributed by atoms with van der Waals surface area (Å²) in [7, 11) is 0. The van der Waals surface area contributed by atoms with E-state index in [1.54, 1.807) is 0 Å². The van der Waals surface area contributed by atoms with Crippen molar-refractivity contribution in [3.8, 4) is 5.75 Å². The summed E-state index contributed by atoms with van der Waals surface area (Å²) in [5, 5.41) is 6.59. The third kappa shape index (κ3) is 4.17. The van der Waals surface area contributed by atoms with Crippen molar-refractivity contribution in [3.63, 3.8) is 0 Å². The fourth-order valence-corrected chi connectivity index (χ4v) is 4.68. The zero-order chi connectivity index (χ0) is 20.6. The molecule has 3 aliphatic rings. The second-order valence-electron chi connectivity index (χ2n) is 9.33. The van der Waals surface area contributed by atoms with E-state index in [-0.39, 0.29) is 5.91 Å². The summed E-state index contributed by atoms with van der Waals surface area (Å²) >= 11 is 0. The molecule has 3 fully saturated rings. The summed E-state index contributed by atoms with van der Waals surface area (Å²) < 4.78 is 5.76. The molecule has 2 N–H and O–H groups in total. The van der Waals surface area contributed by atoms with Gasteiger partial charge >= 0.3 is 0 Å². The molecule has 30 heavy (non-hydrogen) atoms. The quantitative estimate of drug-likeness (QED) is 0.755. The van der Waals surface area contributed by atoms with Crippen LogP contribution in [-0.4, -0.2) is 38.7 Å². The van der Waals surface area contributed by atoms with Crippen LogP contribution in [0.1, 0.15) is 41.6 Å². The molecule has 1 atom stereocenters. The molecule has 1 unspecified atom stereocenters. The van der Waals surface area contributed by atoms with Gasteiger partial charge in [0.15, 0.2) is 0 Å². The van der Waals surface area contributed by atoms with Gasteiger partial charge in [-0.05, 0) is 93.1 Å². The number of nitrogens with zero attached hydrogens (tertiary/aromatic N) is 1. The van der Waals surface area contributed by atoms with Crippen LogP contribution in [0.3, 0.4) is 0 Å². The number of ether oxygens (including phenoxy) is 1. The van der Waals surface area contributed by atoms with Crippen molar-refractivity contribution < 1.29 is 9.53 Å². The highest BCUT2D eigenvalue weighted by Crippen LogP contribution is 2.38. The summed E-state index contributed by atoms with van der Waals surface area (Å²) in [5.74, 6) is 1.47. The number of carbonyl (C=O) groups is 1. The molecule has 2 aromatic carbocycles. The molecule has 1 aliphatic carbocycles. The predicted molar refractivity (Wildman–Crippen MR) is 121 cm³/mol. The molecular weight excluding hydrogens is 374 g/mol. The highest BCUT2D eigenvalue weighted by Gasteiger charge is 2.40. The van der Waals surface area contributed by atoms with Gasteiger partial charge in [0.1, 0.15) is 5.75 Å². The van der Waals surface area contributed by atoms with Gasteiger partial charge in [-0.3, -0.25) is 4.79 Å². The number of rotatable bonds is 6. The monoisotopic (exact) mass is 405 g/mol. The highest BCUT2D eigenvalue weighted by atomic mass is 16.5. The Balaban J connectivity index is 1.21. The summed E-state index contributed by atoms with van der Waals surface area (Å²) in [6, 6.07) is 13.8. The first-order valence-electron chi connectivity index (χ1n) is 11.2. The van der Waals surface area contributed by atoms with Crippen LogP contribution in [0, 0.1) is 18.3 Å². The van der Waals surface area contributed by atoms with Gasteiger partial charge in [0.05, 0.1) is 6.61 Å². The Hall–Kier alpha value is -2.53. The molecule has 5 nitrogen and oxygen atoms in total. The van der Waals surface area contributed by atoms with E-state index in [2.05, 4.69) is 34.6 Å². The van der Waals surface area contributed by atoms with Crippen LogP contribution < -0.4 is 20.3 Å². The smallest absolute Gasteiger partial charge is 0.255 e. The van der Waals surface area contributed by atoms with Crippen LogP contribution in [-0.2, 0) is 0 Å². The minimum absolute atomic E-state index is 0.0863. The SMILES string of the molecule is Cc1cc(N2CCC3(CCNC3)C2)ccc1NC(=O)c1ccc(OCC2CC2)cc1. The van der Waals surface area contributed by atoms with Gasteiger partial charge in [-0.2, -0.15) is 0 Å². The van der Waals surface area contributed by atoms with Crippen molar-refractivity contribution in [2.24, 2.45) is 11.3 Å². The van der Waals surface area contributed by atoms with Gasteiger partial charge in [0.25, 0.3) is 5.91 Å². The molecule has 0 bridgehead atoms. The second kappa shape index (κ2) is 7.95. The number of anilines is 2. The topological polar surface area (TPSA) is 53.6 Å². The molecule has 1 saturated carbocycles. The summed E-state index contributed by atoms with van der Waals surface area (Å²) in [5.41, 5.74) is 4.32. The van der Waals surface area contributed by atoms with Crippen molar-refractivity contribution in [2.75, 3.05) is 43.0 Å². The average Bonchev–Trinajstić information content (AvgIpc) is 3.33. The molecule has 1 spiro atoms. The molecular formula is C25H31N3O2. The molecule has 1 amide bonds. The number of carbonyl (C=O) groups excluding carboxylic acids is 1. The fraction of sp³-hybridized carbons (Fsp3) is 0.480. The number of hydrogen-bond acceptors (Lipinski definition) is 4. The molecule has 2 saturated heterocycles. The van der Waals surface area contributed by atoms with Crippen LogP contribution in [0.25, 0.3) is 0 Å². The molecule has 2 aliphatic heterocycles. The van der Waals surface area contributed by atoms with E-state index in [9.17, 15) is 4.79 Å². The highest BCUT2D eigenvalue weighted by molar-refractivity contribution is 6.04. The van der Waals surface area contributed by atoms with Crippen LogP contribution in [0.2, 0.25) is 0 Å². The number of hydrogen-bond donors (Lipinski definition) is 2. The van der Waals surface area contributed by atoms with Crippen molar-refractivity contribution in [1.82, 2.24) is 5.32 Å². The Bertz CT molecular complexity index is 914. The Morgan fingerprint density at radius 2 is 2.03 bits per heavy atom. The Kier molecular flexibility index (Phi) is 5.15. The second-order valence-corrected chi connectivity index (χ2v) is 9.33. The van der Waals surface area contributed by atoms with Crippen LogP contribution in [0.15, 0.2) is 42.5 Å². The molecule has 0 aromatic heterocycles. The number of amides is 1. The number of nitrogens with one attached hydrogen (secondary N) is 2. The van der Waals surface area contributed by atoms with Gasteiger partial charge < -0.3 is 20.3 Å². The maximum absolute atomic E-state index is 12.7. The lowest BCUT2D eigenvalue weighted by molar-refractivity contribution is 0.102. The van der Waals surface area contributed by atoms with Crippen molar-refractivity contribution in [2.45, 2.75) is 32.6 Å². The molecule has 5 heteroatoms. The first kappa shape index (κ1) is 19.4. The van der Waals surface area contributed by atoms with Crippen molar-refractivity contribution in [3.05, 3.63) is 53.6 Å². The van der Waals surface area contributed by atoms with Gasteiger partial charge in [-0.25, -0.2) is 0 Å². The third-order valence-corrected chi connectivity index (χ3v) is 6.89. The van der Waals surface area contributed by atoms with E-state index in [0.717, 1.165) is 55.7 Å². The molecule has 2 aromatic rings. The Morgan fingerprint density at radius 1 is 1.20 bits per heavy atom. The number of aryl methyl sites for hydroxylation is 1. The van der Waals surface area contributed by atoms with E-state index in [1.165, 1.54) is 31.4 Å². The minimum Gasteiger partial charge on any atom is -0.493 e.